The van der Waals surface area contributed by atoms with E-state index in [1.165, 1.54) is 5.56 Å². The lowest BCUT2D eigenvalue weighted by Crippen LogP contribution is -2.54. The van der Waals surface area contributed by atoms with Gasteiger partial charge in [-0.3, -0.25) is 4.21 Å². The SMILES string of the molecule is O=S1CC(F)(F)c2nc(N3CC4CC(C3)C4c3ccc(Cl)cc3)nc(NC3(CO)CCC3)c21. The van der Waals surface area contributed by atoms with Gasteiger partial charge in [-0.25, -0.2) is 4.98 Å². The average Bonchev–Trinajstić information content (AvgIpc) is 3.00. The highest BCUT2D eigenvalue weighted by molar-refractivity contribution is 7.85. The Hall–Kier alpha value is -1.84. The van der Waals surface area contributed by atoms with E-state index >= 15 is 0 Å². The largest absolute Gasteiger partial charge is 0.394 e. The van der Waals surface area contributed by atoms with Crippen molar-refractivity contribution < 1.29 is 18.1 Å². The molecule has 3 unspecified atom stereocenters. The van der Waals surface area contributed by atoms with E-state index in [-0.39, 0.29) is 23.3 Å². The maximum atomic E-state index is 14.7. The minimum atomic E-state index is -3.26. The van der Waals surface area contributed by atoms with Crippen molar-refractivity contribution >= 4 is 34.2 Å². The van der Waals surface area contributed by atoms with Gasteiger partial charge in [0.05, 0.1) is 28.7 Å². The summed E-state index contributed by atoms with van der Waals surface area (Å²) in [6, 6.07) is 7.95. The van der Waals surface area contributed by atoms with Crippen LogP contribution in [-0.4, -0.2) is 50.3 Å². The standard InChI is InChI=1S/C23H25ClF2N4O2S/c24-16-4-2-13(3-5-16)17-14-8-15(17)10-30(9-14)21-27-19-18(33(32)12-23(19,25)26)20(28-21)29-22(11-31)6-1-7-22/h2-5,14-15,17,31H,1,6-12H2,(H,27,28,29). The summed E-state index contributed by atoms with van der Waals surface area (Å²) in [4.78, 5) is 10.8. The highest BCUT2D eigenvalue weighted by atomic mass is 35.5. The molecule has 2 N–H and O–H groups in total. The number of benzene rings is 1. The lowest BCUT2D eigenvalue weighted by molar-refractivity contribution is 0.0190. The molecule has 1 aromatic carbocycles. The van der Waals surface area contributed by atoms with E-state index in [0.29, 0.717) is 35.9 Å². The van der Waals surface area contributed by atoms with Crippen LogP contribution in [0.5, 0.6) is 0 Å². The number of aliphatic hydroxyl groups is 1. The zero-order valence-electron chi connectivity index (χ0n) is 17.9. The molecule has 176 valence electrons. The molecule has 2 bridgehead atoms. The van der Waals surface area contributed by atoms with Gasteiger partial charge >= 0.3 is 5.92 Å². The summed E-state index contributed by atoms with van der Waals surface area (Å²) in [5.41, 5.74) is 0.231. The van der Waals surface area contributed by atoms with Crippen molar-refractivity contribution in [3.8, 4) is 0 Å². The van der Waals surface area contributed by atoms with Crippen molar-refractivity contribution in [1.82, 2.24) is 9.97 Å². The molecule has 0 amide bonds. The van der Waals surface area contributed by atoms with Crippen LogP contribution in [-0.2, 0) is 16.7 Å². The Balaban J connectivity index is 1.32. The first-order valence-electron chi connectivity index (χ1n) is 11.4. The highest BCUT2D eigenvalue weighted by Gasteiger charge is 2.51. The number of halogens is 3. The van der Waals surface area contributed by atoms with Crippen LogP contribution >= 0.6 is 11.6 Å². The molecule has 2 aliphatic carbocycles. The van der Waals surface area contributed by atoms with Crippen molar-refractivity contribution in [3.63, 3.8) is 0 Å². The van der Waals surface area contributed by atoms with Gasteiger partial charge < -0.3 is 15.3 Å². The number of aromatic nitrogens is 2. The maximum Gasteiger partial charge on any atom is 0.302 e. The monoisotopic (exact) mass is 494 g/mol. The van der Waals surface area contributed by atoms with Gasteiger partial charge in [0.15, 0.2) is 0 Å². The van der Waals surface area contributed by atoms with Gasteiger partial charge in [-0.05, 0) is 61.1 Å². The molecule has 2 saturated carbocycles. The third-order valence-corrected chi connectivity index (χ3v) is 9.52. The summed E-state index contributed by atoms with van der Waals surface area (Å²) in [5.74, 6) is -2.38. The van der Waals surface area contributed by atoms with Crippen LogP contribution in [0.15, 0.2) is 29.2 Å². The van der Waals surface area contributed by atoms with Crippen LogP contribution < -0.4 is 10.2 Å². The van der Waals surface area contributed by atoms with Crippen molar-refractivity contribution in [2.24, 2.45) is 11.8 Å². The summed E-state index contributed by atoms with van der Waals surface area (Å²) >= 11 is 6.04. The number of piperidine rings is 2. The van der Waals surface area contributed by atoms with E-state index in [2.05, 4.69) is 27.4 Å². The zero-order valence-corrected chi connectivity index (χ0v) is 19.5. The van der Waals surface area contributed by atoms with Crippen molar-refractivity contribution in [3.05, 3.63) is 40.5 Å². The Morgan fingerprint density at radius 3 is 2.48 bits per heavy atom. The molecule has 10 heteroatoms. The summed E-state index contributed by atoms with van der Waals surface area (Å²) in [7, 11) is -1.89. The van der Waals surface area contributed by atoms with Gasteiger partial charge in [0.25, 0.3) is 0 Å². The molecule has 6 nitrogen and oxygen atoms in total. The van der Waals surface area contributed by atoms with Gasteiger partial charge in [-0.2, -0.15) is 13.8 Å². The number of aliphatic hydroxyl groups excluding tert-OH is 1. The minimum Gasteiger partial charge on any atom is -0.394 e. The predicted octanol–water partition coefficient (Wildman–Crippen LogP) is 3.91. The molecule has 2 saturated heterocycles. The average molecular weight is 495 g/mol. The summed E-state index contributed by atoms with van der Waals surface area (Å²) in [6.45, 7) is 1.24. The fraction of sp³-hybridized carbons (Fsp3) is 0.565. The first kappa shape index (κ1) is 21.7. The molecule has 0 radical (unpaired) electrons. The summed E-state index contributed by atoms with van der Waals surface area (Å²) < 4.78 is 42.1. The number of nitrogens with one attached hydrogen (secondary N) is 1. The van der Waals surface area contributed by atoms with E-state index in [4.69, 9.17) is 11.6 Å². The number of fused-ring (bicyclic) bond motifs is 3. The normalized spacial score (nSPS) is 30.8. The molecular formula is C23H25ClF2N4O2S. The van der Waals surface area contributed by atoms with Gasteiger partial charge in [0, 0.05) is 18.1 Å². The minimum absolute atomic E-state index is 0.00955. The molecule has 0 spiro atoms. The summed E-state index contributed by atoms with van der Waals surface area (Å²) in [5, 5.41) is 13.8. The van der Waals surface area contributed by atoms with Crippen molar-refractivity contribution in [1.29, 1.82) is 0 Å². The van der Waals surface area contributed by atoms with E-state index in [9.17, 15) is 18.1 Å². The fourth-order valence-electron chi connectivity index (χ4n) is 5.89. The molecule has 1 aromatic heterocycles. The molecule has 3 aliphatic heterocycles. The van der Waals surface area contributed by atoms with Crippen LogP contribution in [0.25, 0.3) is 0 Å². The van der Waals surface area contributed by atoms with Gasteiger partial charge in [-0.1, -0.05) is 23.7 Å². The molecule has 33 heavy (non-hydrogen) atoms. The van der Waals surface area contributed by atoms with Gasteiger partial charge in [-0.15, -0.1) is 0 Å². The van der Waals surface area contributed by atoms with Crippen LogP contribution in [0.4, 0.5) is 20.5 Å². The molecule has 2 aromatic rings. The topological polar surface area (TPSA) is 78.4 Å². The molecular weight excluding hydrogens is 470 g/mol. The number of hydrogen-bond acceptors (Lipinski definition) is 6. The molecule has 5 aliphatic rings. The van der Waals surface area contributed by atoms with E-state index in [1.54, 1.807) is 0 Å². The molecule has 4 heterocycles. The molecule has 7 rings (SSSR count). The molecule has 3 atom stereocenters. The van der Waals surface area contributed by atoms with E-state index in [0.717, 1.165) is 25.7 Å². The Bertz CT molecular complexity index is 1110. The zero-order chi connectivity index (χ0) is 23.0. The lowest BCUT2D eigenvalue weighted by Gasteiger charge is -2.54. The quantitative estimate of drug-likeness (QED) is 0.656. The number of alkyl halides is 2. The first-order chi connectivity index (χ1) is 15.8. The molecule has 4 fully saturated rings. The second kappa shape index (κ2) is 7.58. The Kier molecular flexibility index (Phi) is 4.98. The Morgan fingerprint density at radius 2 is 1.88 bits per heavy atom. The number of hydrogen-bond donors (Lipinski definition) is 2. The van der Waals surface area contributed by atoms with Gasteiger partial charge in [0.1, 0.15) is 16.4 Å². The Labute approximate surface area is 198 Å². The first-order valence-corrected chi connectivity index (χ1v) is 13.1. The third-order valence-electron chi connectivity index (χ3n) is 7.81. The van der Waals surface area contributed by atoms with Gasteiger partial charge in [0.2, 0.25) is 5.95 Å². The highest BCUT2D eigenvalue weighted by Crippen LogP contribution is 2.53. The number of rotatable bonds is 5. The van der Waals surface area contributed by atoms with Crippen molar-refractivity contribution in [2.45, 2.75) is 48.0 Å². The lowest BCUT2D eigenvalue weighted by atomic mass is 9.59. The Morgan fingerprint density at radius 1 is 1.18 bits per heavy atom. The number of anilines is 2. The van der Waals surface area contributed by atoms with E-state index in [1.807, 2.05) is 17.0 Å². The predicted molar refractivity (Wildman–Crippen MR) is 122 cm³/mol. The second-order valence-electron chi connectivity index (χ2n) is 9.90. The van der Waals surface area contributed by atoms with Crippen molar-refractivity contribution in [2.75, 3.05) is 35.7 Å². The number of nitrogens with zero attached hydrogens (tertiary/aromatic N) is 3. The van der Waals surface area contributed by atoms with E-state index < -0.39 is 33.7 Å². The van der Waals surface area contributed by atoms with Crippen LogP contribution in [0.3, 0.4) is 0 Å². The van der Waals surface area contributed by atoms with Crippen LogP contribution in [0.2, 0.25) is 5.02 Å². The third kappa shape index (κ3) is 3.46. The van der Waals surface area contributed by atoms with Crippen LogP contribution in [0.1, 0.15) is 42.9 Å². The van der Waals surface area contributed by atoms with Crippen LogP contribution in [0, 0.1) is 11.8 Å². The maximum absolute atomic E-state index is 14.7. The smallest absolute Gasteiger partial charge is 0.302 e. The second-order valence-corrected chi connectivity index (χ2v) is 11.7. The fourth-order valence-corrected chi connectivity index (χ4v) is 7.35. The summed E-state index contributed by atoms with van der Waals surface area (Å²) in [6.07, 6.45) is 3.47.